The summed E-state index contributed by atoms with van der Waals surface area (Å²) < 4.78 is 6.84. The van der Waals surface area contributed by atoms with E-state index in [-0.39, 0.29) is 29.8 Å². The smallest absolute Gasteiger partial charge is 0.311 e. The average molecular weight is 366 g/mol. The van der Waals surface area contributed by atoms with Gasteiger partial charge in [0.15, 0.2) is 18.2 Å². The summed E-state index contributed by atoms with van der Waals surface area (Å²) in [6.45, 7) is 2.01. The highest BCUT2D eigenvalue weighted by Gasteiger charge is 2.14. The van der Waals surface area contributed by atoms with Gasteiger partial charge in [0.05, 0.1) is 4.92 Å². The number of carbonyl (C=O) groups is 1. The maximum atomic E-state index is 12.3. The van der Waals surface area contributed by atoms with E-state index in [1.165, 1.54) is 22.4 Å². The second kappa shape index (κ2) is 8.13. The van der Waals surface area contributed by atoms with Gasteiger partial charge in [-0.1, -0.05) is 31.2 Å². The van der Waals surface area contributed by atoms with Crippen molar-refractivity contribution in [1.82, 2.24) is 9.78 Å². The van der Waals surface area contributed by atoms with Crippen LogP contribution in [-0.4, -0.2) is 20.6 Å². The Hall–Kier alpha value is -3.68. The van der Waals surface area contributed by atoms with Gasteiger partial charge in [-0.2, -0.15) is 5.10 Å². The highest BCUT2D eigenvalue weighted by atomic mass is 16.6. The highest BCUT2D eigenvalue weighted by Crippen LogP contribution is 2.26. The van der Waals surface area contributed by atoms with Crippen molar-refractivity contribution in [3.8, 4) is 5.75 Å². The molecule has 1 heterocycles. The van der Waals surface area contributed by atoms with Crippen molar-refractivity contribution in [3.05, 3.63) is 82.2 Å². The lowest BCUT2D eigenvalue weighted by Gasteiger charge is -2.06. The Bertz CT molecular complexity index is 950. The fourth-order valence-corrected chi connectivity index (χ4v) is 2.44. The molecule has 1 aromatic heterocycles. The summed E-state index contributed by atoms with van der Waals surface area (Å²) in [5.74, 6) is -0.205. The number of nitro benzene ring substituents is 1. The van der Waals surface area contributed by atoms with Gasteiger partial charge in [-0.15, -0.1) is 0 Å². The highest BCUT2D eigenvalue weighted by molar-refractivity contribution is 6.02. The molecule has 0 radical (unpaired) electrons. The molecule has 0 aliphatic rings. The van der Waals surface area contributed by atoms with Crippen LogP contribution >= 0.6 is 0 Å². The Morgan fingerprint density at radius 3 is 2.63 bits per heavy atom. The summed E-state index contributed by atoms with van der Waals surface area (Å²) >= 11 is 0. The van der Waals surface area contributed by atoms with Gasteiger partial charge in [-0.3, -0.25) is 14.9 Å². The van der Waals surface area contributed by atoms with Crippen LogP contribution in [0.4, 0.5) is 11.4 Å². The molecule has 0 aliphatic heterocycles. The molecule has 2 aromatic carbocycles. The standard InChI is InChI=1S/C19H18N4O4/c1-2-14-7-9-15(10-8-14)20-19(24)16-11-12-22(21-16)13-27-18-6-4-3-5-17(18)23(25)26/h3-12H,2,13H2,1H3,(H,20,24). The van der Waals surface area contributed by atoms with Crippen molar-refractivity contribution in [2.24, 2.45) is 0 Å². The minimum atomic E-state index is -0.513. The number of carbonyl (C=O) groups excluding carboxylic acids is 1. The van der Waals surface area contributed by atoms with E-state index in [4.69, 9.17) is 4.74 Å². The molecule has 1 amide bonds. The molecule has 0 aliphatic carbocycles. The van der Waals surface area contributed by atoms with Crippen LogP contribution in [0.2, 0.25) is 0 Å². The Labute approximate surface area is 155 Å². The van der Waals surface area contributed by atoms with E-state index < -0.39 is 4.92 Å². The summed E-state index contributed by atoms with van der Waals surface area (Å²) in [7, 11) is 0. The molecule has 8 nitrogen and oxygen atoms in total. The lowest BCUT2D eigenvalue weighted by molar-refractivity contribution is -0.386. The van der Waals surface area contributed by atoms with E-state index >= 15 is 0 Å². The molecule has 3 rings (SSSR count). The SMILES string of the molecule is CCc1ccc(NC(=O)c2ccn(COc3ccccc3[N+](=O)[O-])n2)cc1. The van der Waals surface area contributed by atoms with Gasteiger partial charge in [0.1, 0.15) is 0 Å². The third-order valence-electron chi connectivity index (χ3n) is 3.91. The minimum absolute atomic E-state index is 0.0523. The summed E-state index contributed by atoms with van der Waals surface area (Å²) in [5, 5.41) is 17.9. The van der Waals surface area contributed by atoms with Gasteiger partial charge in [0.2, 0.25) is 0 Å². The van der Waals surface area contributed by atoms with Crippen molar-refractivity contribution in [2.45, 2.75) is 20.1 Å². The first-order valence-corrected chi connectivity index (χ1v) is 8.37. The van der Waals surface area contributed by atoms with Crippen LogP contribution in [0, 0.1) is 10.1 Å². The van der Waals surface area contributed by atoms with Gasteiger partial charge < -0.3 is 10.1 Å². The number of nitro groups is 1. The van der Waals surface area contributed by atoms with E-state index in [0.717, 1.165) is 6.42 Å². The van der Waals surface area contributed by atoms with Crippen molar-refractivity contribution in [1.29, 1.82) is 0 Å². The average Bonchev–Trinajstić information content (AvgIpc) is 3.16. The number of para-hydroxylation sites is 2. The van der Waals surface area contributed by atoms with Gasteiger partial charge in [-0.05, 0) is 36.2 Å². The third kappa shape index (κ3) is 4.49. The van der Waals surface area contributed by atoms with E-state index in [1.807, 2.05) is 24.3 Å². The largest absolute Gasteiger partial charge is 0.464 e. The summed E-state index contributed by atoms with van der Waals surface area (Å²) in [4.78, 5) is 22.8. The summed E-state index contributed by atoms with van der Waals surface area (Å²) in [6, 6.07) is 15.2. The summed E-state index contributed by atoms with van der Waals surface area (Å²) in [6.07, 6.45) is 2.50. The first-order chi connectivity index (χ1) is 13.1. The van der Waals surface area contributed by atoms with Crippen LogP contribution in [0.25, 0.3) is 0 Å². The number of aryl methyl sites for hydroxylation is 1. The van der Waals surface area contributed by atoms with E-state index in [2.05, 4.69) is 17.3 Å². The first kappa shape index (κ1) is 18.1. The fourth-order valence-electron chi connectivity index (χ4n) is 2.44. The van der Waals surface area contributed by atoms with E-state index in [0.29, 0.717) is 5.69 Å². The number of benzene rings is 2. The number of hydrogen-bond acceptors (Lipinski definition) is 5. The monoisotopic (exact) mass is 366 g/mol. The van der Waals surface area contributed by atoms with E-state index in [1.54, 1.807) is 24.4 Å². The first-order valence-electron chi connectivity index (χ1n) is 8.37. The number of aromatic nitrogens is 2. The molecule has 0 fully saturated rings. The fraction of sp³-hybridized carbons (Fsp3) is 0.158. The van der Waals surface area contributed by atoms with Crippen molar-refractivity contribution in [2.75, 3.05) is 5.32 Å². The predicted molar refractivity (Wildman–Crippen MR) is 99.7 cm³/mol. The lowest BCUT2D eigenvalue weighted by Crippen LogP contribution is -2.14. The predicted octanol–water partition coefficient (Wildman–Crippen LogP) is 3.64. The molecule has 0 bridgehead atoms. The van der Waals surface area contributed by atoms with Crippen LogP contribution in [0.5, 0.6) is 5.75 Å². The summed E-state index contributed by atoms with van der Waals surface area (Å²) in [5.41, 5.74) is 1.96. The van der Waals surface area contributed by atoms with Crippen molar-refractivity contribution >= 4 is 17.3 Å². The Morgan fingerprint density at radius 1 is 1.19 bits per heavy atom. The van der Waals surface area contributed by atoms with Crippen LogP contribution in [0.1, 0.15) is 23.0 Å². The Kier molecular flexibility index (Phi) is 5.46. The molecule has 138 valence electrons. The maximum absolute atomic E-state index is 12.3. The molecule has 1 N–H and O–H groups in total. The Morgan fingerprint density at radius 2 is 1.93 bits per heavy atom. The molecule has 0 saturated heterocycles. The minimum Gasteiger partial charge on any atom is -0.464 e. The molecule has 3 aromatic rings. The molecular weight excluding hydrogens is 348 g/mol. The third-order valence-corrected chi connectivity index (χ3v) is 3.91. The second-order valence-electron chi connectivity index (χ2n) is 5.74. The topological polar surface area (TPSA) is 99.3 Å². The zero-order chi connectivity index (χ0) is 19.2. The lowest BCUT2D eigenvalue weighted by atomic mass is 10.1. The number of amides is 1. The zero-order valence-corrected chi connectivity index (χ0v) is 14.7. The van der Waals surface area contributed by atoms with E-state index in [9.17, 15) is 14.9 Å². The van der Waals surface area contributed by atoms with Gasteiger partial charge >= 0.3 is 5.69 Å². The second-order valence-corrected chi connectivity index (χ2v) is 5.74. The molecule has 0 saturated carbocycles. The molecule has 0 atom stereocenters. The van der Waals surface area contributed by atoms with Crippen molar-refractivity contribution in [3.63, 3.8) is 0 Å². The van der Waals surface area contributed by atoms with Crippen LogP contribution < -0.4 is 10.1 Å². The number of nitrogens with zero attached hydrogens (tertiary/aromatic N) is 3. The molecule has 27 heavy (non-hydrogen) atoms. The Balaban J connectivity index is 1.62. The number of anilines is 1. The maximum Gasteiger partial charge on any atom is 0.311 e. The number of nitrogens with one attached hydrogen (secondary N) is 1. The number of rotatable bonds is 7. The number of ether oxygens (including phenoxy) is 1. The molecule has 0 spiro atoms. The van der Waals surface area contributed by atoms with Crippen LogP contribution in [0.3, 0.4) is 0 Å². The van der Waals surface area contributed by atoms with Gasteiger partial charge in [0, 0.05) is 18.0 Å². The van der Waals surface area contributed by atoms with Gasteiger partial charge in [0.25, 0.3) is 5.91 Å². The van der Waals surface area contributed by atoms with Crippen molar-refractivity contribution < 1.29 is 14.5 Å². The normalized spacial score (nSPS) is 10.4. The molecule has 0 unspecified atom stereocenters. The number of hydrogen-bond donors (Lipinski definition) is 1. The zero-order valence-electron chi connectivity index (χ0n) is 14.7. The van der Waals surface area contributed by atoms with Crippen LogP contribution in [-0.2, 0) is 13.2 Å². The van der Waals surface area contributed by atoms with Gasteiger partial charge in [-0.25, -0.2) is 4.68 Å². The molecule has 8 heteroatoms. The van der Waals surface area contributed by atoms with Crippen LogP contribution in [0.15, 0.2) is 60.8 Å². The molecular formula is C19H18N4O4. The quantitative estimate of drug-likeness (QED) is 0.508.